The summed E-state index contributed by atoms with van der Waals surface area (Å²) in [5.41, 5.74) is 16.0. The zero-order valence-corrected chi connectivity index (χ0v) is 37.0. The van der Waals surface area contributed by atoms with Crippen molar-refractivity contribution in [2.75, 3.05) is 4.90 Å². The van der Waals surface area contributed by atoms with E-state index in [0.29, 0.717) is 0 Å². The Balaban J connectivity index is 1.07. The van der Waals surface area contributed by atoms with Crippen LogP contribution in [0, 0.1) is 0 Å². The van der Waals surface area contributed by atoms with Crippen molar-refractivity contribution in [1.82, 2.24) is 13.7 Å². The number of rotatable bonds is 7. The van der Waals surface area contributed by atoms with E-state index in [1.165, 1.54) is 76.2 Å². The minimum atomic E-state index is 1.06. The average Bonchev–Trinajstić information content (AvgIpc) is 4.05. The Labute approximate surface area is 393 Å². The van der Waals surface area contributed by atoms with Gasteiger partial charge in [0.25, 0.3) is 0 Å². The Morgan fingerprint density at radius 1 is 0.235 bits per heavy atom. The van der Waals surface area contributed by atoms with Crippen LogP contribution in [0.5, 0.6) is 0 Å². The van der Waals surface area contributed by atoms with Gasteiger partial charge < -0.3 is 18.6 Å². The van der Waals surface area contributed by atoms with Crippen LogP contribution < -0.4 is 4.90 Å². The Morgan fingerprint density at radius 2 is 0.676 bits per heavy atom. The third-order valence-corrected chi connectivity index (χ3v) is 14.0. The lowest BCUT2D eigenvalue weighted by Gasteiger charge is -2.28. The first-order valence-electron chi connectivity index (χ1n) is 23.3. The molecule has 0 bridgehead atoms. The van der Waals surface area contributed by atoms with Crippen LogP contribution in [0.25, 0.3) is 104 Å². The second kappa shape index (κ2) is 15.2. The molecule has 4 heteroatoms. The van der Waals surface area contributed by atoms with Gasteiger partial charge in [0.15, 0.2) is 0 Å². The number of para-hydroxylation sites is 6. The summed E-state index contributed by atoms with van der Waals surface area (Å²) in [5, 5.41) is 9.70. The smallest absolute Gasteiger partial charge is 0.0542 e. The Morgan fingerprint density at radius 3 is 1.26 bits per heavy atom. The van der Waals surface area contributed by atoms with Crippen molar-refractivity contribution in [3.05, 3.63) is 255 Å². The first-order valence-corrected chi connectivity index (χ1v) is 23.3. The molecule has 0 radical (unpaired) electrons. The molecular weight excluding hydrogens is 825 g/mol. The molecule has 318 valence electrons. The van der Waals surface area contributed by atoms with Crippen molar-refractivity contribution in [3.8, 4) is 28.2 Å². The van der Waals surface area contributed by atoms with E-state index in [4.69, 9.17) is 0 Å². The third kappa shape index (κ3) is 5.87. The summed E-state index contributed by atoms with van der Waals surface area (Å²) in [6.45, 7) is 0. The van der Waals surface area contributed by atoms with Gasteiger partial charge in [-0.1, -0.05) is 152 Å². The lowest BCUT2D eigenvalue weighted by atomic mass is 9.99. The number of hydrogen-bond donors (Lipinski definition) is 0. The van der Waals surface area contributed by atoms with Crippen LogP contribution in [-0.2, 0) is 0 Å². The highest BCUT2D eigenvalue weighted by Crippen LogP contribution is 2.45. The highest BCUT2D eigenvalue weighted by Gasteiger charge is 2.22. The van der Waals surface area contributed by atoms with Gasteiger partial charge in [-0.2, -0.15) is 0 Å². The highest BCUT2D eigenvalue weighted by atomic mass is 15.1. The molecule has 4 nitrogen and oxygen atoms in total. The summed E-state index contributed by atoms with van der Waals surface area (Å²) in [5.74, 6) is 0. The molecule has 0 spiro atoms. The quantitative estimate of drug-likeness (QED) is 0.156. The van der Waals surface area contributed by atoms with Gasteiger partial charge in [0.2, 0.25) is 0 Å². The predicted octanol–water partition coefficient (Wildman–Crippen LogP) is 17.3. The van der Waals surface area contributed by atoms with Crippen LogP contribution in [0.3, 0.4) is 0 Å². The molecule has 0 saturated carbocycles. The first-order chi connectivity index (χ1) is 33.7. The first kappa shape index (κ1) is 38.2. The van der Waals surface area contributed by atoms with Crippen molar-refractivity contribution >= 4 is 93.3 Å². The standard InChI is InChI=1S/C64H42N4/c1-3-20-46(21-4-1)66-61-31-15-11-27-54(61)56-40-44(34-36-63(56)66)45-38-49(41-50(39-45)68-59-29-13-9-25-52(59)53-26-10-14-30-60(53)68)65(58-33-17-19-43-18-7-8-24-51(43)58)48-35-37-64-57(42-48)55-28-12-16-32-62(55)67(64)47-22-5-2-6-23-47/h1-42H. The molecule has 14 aromatic rings. The van der Waals surface area contributed by atoms with Crippen LogP contribution in [0.4, 0.5) is 17.1 Å². The molecule has 0 aliphatic carbocycles. The van der Waals surface area contributed by atoms with Gasteiger partial charge >= 0.3 is 0 Å². The Hall–Kier alpha value is -9.12. The summed E-state index contributed by atoms with van der Waals surface area (Å²) in [6.07, 6.45) is 0. The Kier molecular flexibility index (Phi) is 8.55. The number of hydrogen-bond acceptors (Lipinski definition) is 1. The van der Waals surface area contributed by atoms with E-state index in [9.17, 15) is 0 Å². The second-order valence-electron chi connectivity index (χ2n) is 17.8. The monoisotopic (exact) mass is 866 g/mol. The summed E-state index contributed by atoms with van der Waals surface area (Å²) >= 11 is 0. The maximum absolute atomic E-state index is 2.48. The summed E-state index contributed by atoms with van der Waals surface area (Å²) in [7, 11) is 0. The maximum Gasteiger partial charge on any atom is 0.0542 e. The van der Waals surface area contributed by atoms with E-state index >= 15 is 0 Å². The molecule has 0 N–H and O–H groups in total. The number of benzene rings is 11. The lowest BCUT2D eigenvalue weighted by Crippen LogP contribution is -2.11. The van der Waals surface area contributed by atoms with E-state index in [-0.39, 0.29) is 0 Å². The van der Waals surface area contributed by atoms with Gasteiger partial charge in [-0.3, -0.25) is 0 Å². The number of fused-ring (bicyclic) bond motifs is 10. The van der Waals surface area contributed by atoms with Crippen LogP contribution in [0.2, 0.25) is 0 Å². The maximum atomic E-state index is 2.48. The normalized spacial score (nSPS) is 11.8. The largest absolute Gasteiger partial charge is 0.310 e. The van der Waals surface area contributed by atoms with Gasteiger partial charge in [-0.25, -0.2) is 0 Å². The zero-order chi connectivity index (χ0) is 44.7. The number of aromatic nitrogens is 3. The summed E-state index contributed by atoms with van der Waals surface area (Å²) in [4.78, 5) is 2.48. The molecule has 3 heterocycles. The third-order valence-electron chi connectivity index (χ3n) is 14.0. The van der Waals surface area contributed by atoms with E-state index in [1.807, 2.05) is 0 Å². The molecule has 0 amide bonds. The van der Waals surface area contributed by atoms with Crippen LogP contribution in [-0.4, -0.2) is 13.7 Å². The molecule has 14 rings (SSSR count). The fraction of sp³-hybridized carbons (Fsp3) is 0. The van der Waals surface area contributed by atoms with Gasteiger partial charge in [-0.15, -0.1) is 0 Å². The fourth-order valence-electron chi connectivity index (χ4n) is 11.0. The van der Waals surface area contributed by atoms with E-state index < -0.39 is 0 Å². The fourth-order valence-corrected chi connectivity index (χ4v) is 11.0. The van der Waals surface area contributed by atoms with Gasteiger partial charge in [-0.05, 0) is 120 Å². The Bertz CT molecular complexity index is 4210. The average molecular weight is 867 g/mol. The second-order valence-corrected chi connectivity index (χ2v) is 17.8. The highest BCUT2D eigenvalue weighted by molar-refractivity contribution is 6.13. The molecule has 0 unspecified atom stereocenters. The molecule has 0 aliphatic rings. The molecular formula is C64H42N4. The number of anilines is 3. The van der Waals surface area contributed by atoms with Crippen molar-refractivity contribution in [2.24, 2.45) is 0 Å². The van der Waals surface area contributed by atoms with E-state index in [1.54, 1.807) is 0 Å². The molecule has 68 heavy (non-hydrogen) atoms. The van der Waals surface area contributed by atoms with Gasteiger partial charge in [0.1, 0.15) is 0 Å². The summed E-state index contributed by atoms with van der Waals surface area (Å²) in [6, 6.07) is 93.3. The van der Waals surface area contributed by atoms with Crippen LogP contribution >= 0.6 is 0 Å². The van der Waals surface area contributed by atoms with Crippen LogP contribution in [0.1, 0.15) is 0 Å². The van der Waals surface area contributed by atoms with Gasteiger partial charge in [0, 0.05) is 66.1 Å². The van der Waals surface area contributed by atoms with Gasteiger partial charge in [0.05, 0.1) is 38.8 Å². The van der Waals surface area contributed by atoms with Crippen molar-refractivity contribution in [1.29, 1.82) is 0 Å². The minimum Gasteiger partial charge on any atom is -0.310 e. The molecule has 0 aliphatic heterocycles. The predicted molar refractivity (Wildman–Crippen MR) is 287 cm³/mol. The number of nitrogens with zero attached hydrogens (tertiary/aromatic N) is 4. The molecule has 0 saturated heterocycles. The van der Waals surface area contributed by atoms with E-state index in [0.717, 1.165) is 45.3 Å². The lowest BCUT2D eigenvalue weighted by molar-refractivity contribution is 1.17. The SMILES string of the molecule is c1ccc(-n2c3ccccc3c3cc(-c4cc(N(c5ccc6c(c5)c5ccccc5n6-c5ccccc5)c5cccc6ccccc56)cc(-n5c6ccccc6c6ccccc65)c4)ccc32)cc1. The van der Waals surface area contributed by atoms with Crippen LogP contribution in [0.15, 0.2) is 255 Å². The van der Waals surface area contributed by atoms with Crippen molar-refractivity contribution in [2.45, 2.75) is 0 Å². The van der Waals surface area contributed by atoms with Crippen molar-refractivity contribution < 1.29 is 0 Å². The summed E-state index contributed by atoms with van der Waals surface area (Å²) < 4.78 is 7.24. The molecule has 0 atom stereocenters. The zero-order valence-electron chi connectivity index (χ0n) is 37.0. The molecule has 3 aromatic heterocycles. The molecule has 0 fully saturated rings. The topological polar surface area (TPSA) is 18.0 Å². The minimum absolute atomic E-state index is 1.06. The van der Waals surface area contributed by atoms with E-state index in [2.05, 4.69) is 273 Å². The van der Waals surface area contributed by atoms with Crippen molar-refractivity contribution in [3.63, 3.8) is 0 Å². The molecule has 11 aromatic carbocycles.